The molecular weight excluding hydrogens is 200 g/mol. The SMILES string of the molecule is COc1nccc(CCl)c1C(F)F. The number of pyridine rings is 1. The smallest absolute Gasteiger partial charge is 0.269 e. The third-order valence-corrected chi connectivity index (χ3v) is 1.89. The summed E-state index contributed by atoms with van der Waals surface area (Å²) in [5.41, 5.74) is 0.128. The molecule has 2 nitrogen and oxygen atoms in total. The van der Waals surface area contributed by atoms with Crippen LogP contribution in [0, 0.1) is 0 Å². The van der Waals surface area contributed by atoms with Crippen molar-refractivity contribution < 1.29 is 13.5 Å². The first-order valence-corrected chi connectivity index (χ1v) is 4.10. The van der Waals surface area contributed by atoms with Gasteiger partial charge in [0.05, 0.1) is 12.7 Å². The summed E-state index contributed by atoms with van der Waals surface area (Å²) in [5, 5.41) is 0. The highest BCUT2D eigenvalue weighted by atomic mass is 35.5. The first-order valence-electron chi connectivity index (χ1n) is 3.56. The van der Waals surface area contributed by atoms with Crippen LogP contribution in [0.1, 0.15) is 17.6 Å². The van der Waals surface area contributed by atoms with Crippen LogP contribution in [0.5, 0.6) is 5.88 Å². The van der Waals surface area contributed by atoms with Gasteiger partial charge < -0.3 is 4.74 Å². The van der Waals surface area contributed by atoms with E-state index in [2.05, 4.69) is 4.98 Å². The van der Waals surface area contributed by atoms with Gasteiger partial charge in [0.2, 0.25) is 5.88 Å². The Hall–Kier alpha value is -0.900. The first-order chi connectivity index (χ1) is 6.20. The lowest BCUT2D eigenvalue weighted by atomic mass is 10.1. The lowest BCUT2D eigenvalue weighted by Crippen LogP contribution is -1.99. The van der Waals surface area contributed by atoms with Crippen LogP contribution in [-0.4, -0.2) is 12.1 Å². The fourth-order valence-electron chi connectivity index (χ4n) is 1.00. The van der Waals surface area contributed by atoms with Gasteiger partial charge in [0.25, 0.3) is 6.43 Å². The molecule has 0 radical (unpaired) electrons. The van der Waals surface area contributed by atoms with Crippen molar-refractivity contribution in [3.8, 4) is 5.88 Å². The Kier molecular flexibility index (Phi) is 3.42. The summed E-state index contributed by atoms with van der Waals surface area (Å²) in [4.78, 5) is 3.67. The Morgan fingerprint density at radius 1 is 1.62 bits per heavy atom. The predicted octanol–water partition coefficient (Wildman–Crippen LogP) is 2.77. The predicted molar refractivity (Wildman–Crippen MR) is 45.3 cm³/mol. The molecule has 13 heavy (non-hydrogen) atoms. The maximum absolute atomic E-state index is 12.5. The lowest BCUT2D eigenvalue weighted by molar-refractivity contribution is 0.145. The van der Waals surface area contributed by atoms with Crippen molar-refractivity contribution in [3.63, 3.8) is 0 Å². The molecule has 5 heteroatoms. The number of alkyl halides is 3. The highest BCUT2D eigenvalue weighted by Crippen LogP contribution is 2.30. The van der Waals surface area contributed by atoms with E-state index in [1.165, 1.54) is 19.4 Å². The van der Waals surface area contributed by atoms with Gasteiger partial charge in [-0.3, -0.25) is 0 Å². The fraction of sp³-hybridized carbons (Fsp3) is 0.375. The standard InChI is InChI=1S/C8H8ClF2NO/c1-13-8-6(7(10)11)5(4-9)2-3-12-8/h2-3,7H,4H2,1H3. The first kappa shape index (κ1) is 10.2. The van der Waals surface area contributed by atoms with Gasteiger partial charge in [-0.1, -0.05) is 0 Å². The summed E-state index contributed by atoms with van der Waals surface area (Å²) in [6, 6.07) is 1.46. The maximum atomic E-state index is 12.5. The molecule has 0 saturated heterocycles. The van der Waals surface area contributed by atoms with Crippen molar-refractivity contribution in [2.24, 2.45) is 0 Å². The molecule has 0 N–H and O–H groups in total. The minimum atomic E-state index is -2.61. The van der Waals surface area contributed by atoms with Gasteiger partial charge in [0.15, 0.2) is 0 Å². The van der Waals surface area contributed by atoms with Crippen LogP contribution in [0.3, 0.4) is 0 Å². The van der Waals surface area contributed by atoms with Crippen LogP contribution < -0.4 is 4.74 Å². The van der Waals surface area contributed by atoms with E-state index in [0.29, 0.717) is 5.56 Å². The highest BCUT2D eigenvalue weighted by molar-refractivity contribution is 6.17. The van der Waals surface area contributed by atoms with Gasteiger partial charge in [-0.15, -0.1) is 11.6 Å². The molecular formula is C8H8ClF2NO. The Bertz CT molecular complexity index is 271. The largest absolute Gasteiger partial charge is 0.481 e. The molecule has 0 aromatic carbocycles. The lowest BCUT2D eigenvalue weighted by Gasteiger charge is -2.09. The Labute approximate surface area is 79.5 Å². The average Bonchev–Trinajstić information content (AvgIpc) is 2.16. The minimum Gasteiger partial charge on any atom is -0.481 e. The third kappa shape index (κ3) is 2.06. The number of nitrogens with zero attached hydrogens (tertiary/aromatic N) is 1. The van der Waals surface area contributed by atoms with Gasteiger partial charge in [0, 0.05) is 12.1 Å². The Morgan fingerprint density at radius 3 is 2.77 bits per heavy atom. The van der Waals surface area contributed by atoms with E-state index in [-0.39, 0.29) is 17.3 Å². The van der Waals surface area contributed by atoms with Gasteiger partial charge in [-0.2, -0.15) is 0 Å². The van der Waals surface area contributed by atoms with Gasteiger partial charge >= 0.3 is 0 Å². The molecule has 0 spiro atoms. The molecule has 1 aromatic heterocycles. The van der Waals surface area contributed by atoms with Crippen molar-refractivity contribution >= 4 is 11.6 Å². The van der Waals surface area contributed by atoms with Crippen LogP contribution in [-0.2, 0) is 5.88 Å². The summed E-state index contributed by atoms with van der Waals surface area (Å²) in [6.07, 6.45) is -1.22. The van der Waals surface area contributed by atoms with Crippen molar-refractivity contribution in [2.75, 3.05) is 7.11 Å². The molecule has 1 rings (SSSR count). The molecule has 0 aliphatic carbocycles. The Morgan fingerprint density at radius 2 is 2.31 bits per heavy atom. The second-order valence-corrected chi connectivity index (χ2v) is 2.59. The molecule has 0 amide bonds. The Balaban J connectivity index is 3.21. The molecule has 72 valence electrons. The number of rotatable bonds is 3. The fourth-order valence-corrected chi connectivity index (χ4v) is 1.24. The van der Waals surface area contributed by atoms with E-state index in [1.807, 2.05) is 0 Å². The van der Waals surface area contributed by atoms with Crippen LogP contribution in [0.4, 0.5) is 8.78 Å². The summed E-state index contributed by atoms with van der Waals surface area (Å²) in [7, 11) is 1.30. The van der Waals surface area contributed by atoms with Crippen LogP contribution >= 0.6 is 11.6 Å². The van der Waals surface area contributed by atoms with Crippen LogP contribution in [0.25, 0.3) is 0 Å². The quantitative estimate of drug-likeness (QED) is 0.711. The third-order valence-electron chi connectivity index (χ3n) is 1.60. The number of methoxy groups -OCH3 is 1. The van der Waals surface area contributed by atoms with E-state index >= 15 is 0 Å². The molecule has 0 bridgehead atoms. The summed E-state index contributed by atoms with van der Waals surface area (Å²) < 4.78 is 29.7. The number of aromatic nitrogens is 1. The van der Waals surface area contributed by atoms with E-state index in [0.717, 1.165) is 0 Å². The topological polar surface area (TPSA) is 22.1 Å². The second-order valence-electron chi connectivity index (χ2n) is 2.33. The minimum absolute atomic E-state index is 0.0263. The normalized spacial score (nSPS) is 10.5. The highest BCUT2D eigenvalue weighted by Gasteiger charge is 2.18. The summed E-state index contributed by atoms with van der Waals surface area (Å²) in [6.45, 7) is 0. The van der Waals surface area contributed by atoms with Crippen molar-refractivity contribution in [1.82, 2.24) is 4.98 Å². The number of hydrogen-bond donors (Lipinski definition) is 0. The van der Waals surface area contributed by atoms with E-state index in [4.69, 9.17) is 16.3 Å². The molecule has 0 aliphatic rings. The zero-order chi connectivity index (χ0) is 9.84. The zero-order valence-electron chi connectivity index (χ0n) is 6.93. The molecule has 1 aromatic rings. The van der Waals surface area contributed by atoms with Gasteiger partial charge in [0.1, 0.15) is 0 Å². The average molecular weight is 208 g/mol. The monoisotopic (exact) mass is 207 g/mol. The van der Waals surface area contributed by atoms with Crippen molar-refractivity contribution in [3.05, 3.63) is 23.4 Å². The summed E-state index contributed by atoms with van der Waals surface area (Å²) >= 11 is 5.49. The number of hydrogen-bond acceptors (Lipinski definition) is 2. The van der Waals surface area contributed by atoms with Crippen LogP contribution in [0.15, 0.2) is 12.3 Å². The molecule has 0 aliphatic heterocycles. The van der Waals surface area contributed by atoms with Crippen molar-refractivity contribution in [1.29, 1.82) is 0 Å². The molecule has 0 unspecified atom stereocenters. The van der Waals surface area contributed by atoms with Crippen molar-refractivity contribution in [2.45, 2.75) is 12.3 Å². The van der Waals surface area contributed by atoms with Gasteiger partial charge in [-0.25, -0.2) is 13.8 Å². The zero-order valence-corrected chi connectivity index (χ0v) is 7.68. The van der Waals surface area contributed by atoms with E-state index in [1.54, 1.807) is 0 Å². The molecule has 0 fully saturated rings. The maximum Gasteiger partial charge on any atom is 0.269 e. The van der Waals surface area contributed by atoms with E-state index < -0.39 is 6.43 Å². The molecule has 0 saturated carbocycles. The number of halogens is 3. The van der Waals surface area contributed by atoms with Gasteiger partial charge in [-0.05, 0) is 11.6 Å². The molecule has 0 atom stereocenters. The van der Waals surface area contributed by atoms with E-state index in [9.17, 15) is 8.78 Å². The van der Waals surface area contributed by atoms with Crippen LogP contribution in [0.2, 0.25) is 0 Å². The second kappa shape index (κ2) is 4.37. The number of ether oxygens (including phenoxy) is 1. The summed E-state index contributed by atoms with van der Waals surface area (Å²) in [5.74, 6) is -0.0356. The molecule has 1 heterocycles.